The first-order valence-electron chi connectivity index (χ1n) is 11.9. The lowest BCUT2D eigenvalue weighted by atomic mass is 10.0. The second-order valence-corrected chi connectivity index (χ2v) is 9.06. The Bertz CT molecular complexity index is 1440. The van der Waals surface area contributed by atoms with Crippen molar-refractivity contribution in [1.82, 2.24) is 20.4 Å². The summed E-state index contributed by atoms with van der Waals surface area (Å²) in [5, 5.41) is 22.2. The number of amides is 2. The number of benzene rings is 2. The van der Waals surface area contributed by atoms with Gasteiger partial charge in [-0.3, -0.25) is 19.6 Å². The summed E-state index contributed by atoms with van der Waals surface area (Å²) < 4.78 is 5.77. The summed E-state index contributed by atoms with van der Waals surface area (Å²) in [7, 11) is 0. The number of piperidine rings is 1. The van der Waals surface area contributed by atoms with Gasteiger partial charge in [-0.15, -0.1) is 0 Å². The van der Waals surface area contributed by atoms with Crippen LogP contribution in [-0.2, 0) is 6.54 Å². The lowest BCUT2D eigenvalue weighted by Crippen LogP contribution is -2.44. The van der Waals surface area contributed by atoms with Crippen LogP contribution in [0.3, 0.4) is 0 Å². The van der Waals surface area contributed by atoms with Gasteiger partial charge in [0.15, 0.2) is 5.76 Å². The van der Waals surface area contributed by atoms with Crippen LogP contribution >= 0.6 is 0 Å². The van der Waals surface area contributed by atoms with Gasteiger partial charge in [0.05, 0.1) is 23.4 Å². The Morgan fingerprint density at radius 2 is 1.92 bits per heavy atom. The molecule has 1 aliphatic rings. The molecule has 9 heteroatoms. The van der Waals surface area contributed by atoms with Gasteiger partial charge in [0, 0.05) is 42.4 Å². The number of nitriles is 1. The van der Waals surface area contributed by atoms with Crippen molar-refractivity contribution in [2.24, 2.45) is 0 Å². The Morgan fingerprint density at radius 3 is 2.61 bits per heavy atom. The summed E-state index contributed by atoms with van der Waals surface area (Å²) in [5.41, 5.74) is 4.19. The predicted molar refractivity (Wildman–Crippen MR) is 134 cm³/mol. The van der Waals surface area contributed by atoms with Crippen LogP contribution in [0.15, 0.2) is 59.1 Å². The number of nitrogens with one attached hydrogen (secondary N) is 3. The molecule has 5 rings (SSSR count). The fourth-order valence-electron chi connectivity index (χ4n) is 4.45. The van der Waals surface area contributed by atoms with Crippen molar-refractivity contribution in [3.63, 3.8) is 0 Å². The minimum atomic E-state index is -0.257. The number of fused-ring (bicyclic) bond motifs is 1. The van der Waals surface area contributed by atoms with Crippen molar-refractivity contribution < 1.29 is 14.0 Å². The van der Waals surface area contributed by atoms with Crippen molar-refractivity contribution in [1.29, 1.82) is 5.26 Å². The molecule has 36 heavy (non-hydrogen) atoms. The Labute approximate surface area is 208 Å². The van der Waals surface area contributed by atoms with Gasteiger partial charge in [0.25, 0.3) is 11.8 Å². The molecule has 4 aromatic rings. The van der Waals surface area contributed by atoms with Crippen molar-refractivity contribution >= 4 is 28.5 Å². The Balaban J connectivity index is 1.16. The number of aromatic amines is 1. The fourth-order valence-corrected chi connectivity index (χ4v) is 4.45. The minimum Gasteiger partial charge on any atom is -0.451 e. The van der Waals surface area contributed by atoms with Gasteiger partial charge in [0.2, 0.25) is 0 Å². The molecule has 0 saturated carbocycles. The Morgan fingerprint density at radius 1 is 1.14 bits per heavy atom. The SMILES string of the molecule is Cc1[nH]ncc1C(=O)Nc1ccc2oc(C(=O)NC3CCN(Cc4ccc(C#N)cc4)CC3)cc2c1. The zero-order valence-corrected chi connectivity index (χ0v) is 19.9. The van der Waals surface area contributed by atoms with Gasteiger partial charge in [-0.05, 0) is 61.7 Å². The summed E-state index contributed by atoms with van der Waals surface area (Å²) in [4.78, 5) is 27.6. The van der Waals surface area contributed by atoms with Crippen molar-refractivity contribution in [2.75, 3.05) is 18.4 Å². The van der Waals surface area contributed by atoms with Crippen LogP contribution in [-0.4, -0.2) is 46.0 Å². The summed E-state index contributed by atoms with van der Waals surface area (Å²) in [5.74, 6) is -0.247. The number of anilines is 1. The molecule has 0 bridgehead atoms. The van der Waals surface area contributed by atoms with E-state index < -0.39 is 0 Å². The van der Waals surface area contributed by atoms with E-state index in [0.717, 1.165) is 37.9 Å². The van der Waals surface area contributed by atoms with E-state index in [2.05, 4.69) is 31.8 Å². The number of hydrogen-bond acceptors (Lipinski definition) is 6. The molecule has 0 spiro atoms. The number of aromatic nitrogens is 2. The van der Waals surface area contributed by atoms with E-state index in [4.69, 9.17) is 9.68 Å². The predicted octanol–water partition coefficient (Wildman–Crippen LogP) is 3.98. The van der Waals surface area contributed by atoms with Crippen molar-refractivity contribution in [2.45, 2.75) is 32.4 Å². The molecule has 2 amide bonds. The van der Waals surface area contributed by atoms with Crippen molar-refractivity contribution in [3.05, 3.63) is 82.9 Å². The molecule has 3 heterocycles. The van der Waals surface area contributed by atoms with E-state index in [9.17, 15) is 9.59 Å². The highest BCUT2D eigenvalue weighted by Crippen LogP contribution is 2.24. The van der Waals surface area contributed by atoms with E-state index in [1.165, 1.54) is 11.8 Å². The van der Waals surface area contributed by atoms with E-state index in [1.54, 1.807) is 31.2 Å². The Hall–Kier alpha value is -4.42. The molecular weight excluding hydrogens is 456 g/mol. The first-order valence-corrected chi connectivity index (χ1v) is 11.9. The van der Waals surface area contributed by atoms with Gasteiger partial charge >= 0.3 is 0 Å². The van der Waals surface area contributed by atoms with Crippen LogP contribution in [0.25, 0.3) is 11.0 Å². The highest BCUT2D eigenvalue weighted by molar-refractivity contribution is 6.06. The number of carbonyl (C=O) groups excluding carboxylic acids is 2. The summed E-state index contributed by atoms with van der Waals surface area (Å²) >= 11 is 0. The van der Waals surface area contributed by atoms with E-state index >= 15 is 0 Å². The highest BCUT2D eigenvalue weighted by Gasteiger charge is 2.23. The van der Waals surface area contributed by atoms with Crippen LogP contribution in [0.2, 0.25) is 0 Å². The Kier molecular flexibility index (Phi) is 6.52. The van der Waals surface area contributed by atoms with Gasteiger partial charge in [-0.2, -0.15) is 10.4 Å². The molecule has 0 atom stereocenters. The van der Waals surface area contributed by atoms with Gasteiger partial charge in [-0.1, -0.05) is 12.1 Å². The number of aryl methyl sites for hydroxylation is 1. The number of rotatable bonds is 6. The lowest BCUT2D eigenvalue weighted by molar-refractivity contribution is 0.0883. The summed E-state index contributed by atoms with van der Waals surface area (Å²) in [6, 6.07) is 16.8. The van der Waals surface area contributed by atoms with Crippen LogP contribution in [0.1, 0.15) is 50.6 Å². The maximum atomic E-state index is 12.8. The molecule has 9 nitrogen and oxygen atoms in total. The zero-order valence-electron chi connectivity index (χ0n) is 19.9. The number of hydrogen-bond donors (Lipinski definition) is 3. The van der Waals surface area contributed by atoms with Crippen LogP contribution in [0, 0.1) is 18.3 Å². The van der Waals surface area contributed by atoms with Crippen molar-refractivity contribution in [3.8, 4) is 6.07 Å². The molecule has 1 aliphatic heterocycles. The molecule has 1 fully saturated rings. The molecule has 1 saturated heterocycles. The largest absolute Gasteiger partial charge is 0.451 e. The molecule has 2 aromatic heterocycles. The maximum absolute atomic E-state index is 12.8. The maximum Gasteiger partial charge on any atom is 0.287 e. The highest BCUT2D eigenvalue weighted by atomic mass is 16.3. The monoisotopic (exact) mass is 482 g/mol. The molecule has 2 aromatic carbocycles. The lowest BCUT2D eigenvalue weighted by Gasteiger charge is -2.32. The smallest absolute Gasteiger partial charge is 0.287 e. The molecule has 0 aliphatic carbocycles. The number of likely N-dealkylation sites (tertiary alicyclic amines) is 1. The first-order chi connectivity index (χ1) is 17.5. The third kappa shape index (κ3) is 5.14. The molecule has 0 radical (unpaired) electrons. The molecule has 3 N–H and O–H groups in total. The summed E-state index contributed by atoms with van der Waals surface area (Å²) in [6.07, 6.45) is 3.19. The average molecular weight is 483 g/mol. The normalized spacial score (nSPS) is 14.4. The average Bonchev–Trinajstić information content (AvgIpc) is 3.51. The number of carbonyl (C=O) groups is 2. The number of H-pyrrole nitrogens is 1. The van der Waals surface area contributed by atoms with Gasteiger partial charge in [-0.25, -0.2) is 0 Å². The minimum absolute atomic E-state index is 0.0796. The van der Waals surface area contributed by atoms with Crippen LogP contribution in [0.4, 0.5) is 5.69 Å². The van der Waals surface area contributed by atoms with E-state index in [-0.39, 0.29) is 23.6 Å². The topological polar surface area (TPSA) is 127 Å². The van der Waals surface area contributed by atoms with E-state index in [0.29, 0.717) is 28.1 Å². The quantitative estimate of drug-likeness (QED) is 0.381. The van der Waals surface area contributed by atoms with Crippen LogP contribution < -0.4 is 10.6 Å². The second kappa shape index (κ2) is 10.1. The fraction of sp³-hybridized carbons (Fsp3) is 0.259. The molecular formula is C27H26N6O3. The zero-order chi connectivity index (χ0) is 25.1. The molecule has 0 unspecified atom stereocenters. The van der Waals surface area contributed by atoms with Gasteiger partial charge < -0.3 is 15.1 Å². The first kappa shape index (κ1) is 23.3. The van der Waals surface area contributed by atoms with Gasteiger partial charge in [0.1, 0.15) is 5.58 Å². The van der Waals surface area contributed by atoms with Crippen LogP contribution in [0.5, 0.6) is 0 Å². The second-order valence-electron chi connectivity index (χ2n) is 9.06. The third-order valence-electron chi connectivity index (χ3n) is 6.48. The third-order valence-corrected chi connectivity index (χ3v) is 6.48. The van der Waals surface area contributed by atoms with E-state index in [1.807, 2.05) is 24.3 Å². The molecule has 182 valence electrons. The standard InChI is InChI=1S/C27H26N6O3/c1-17-23(15-29-32-17)26(34)31-22-6-7-24-20(12-22)13-25(36-24)27(35)30-21-8-10-33(11-9-21)16-19-4-2-18(14-28)3-5-19/h2-7,12-13,15,21H,8-11,16H2,1H3,(H,29,32)(H,30,35)(H,31,34). The number of nitrogens with zero attached hydrogens (tertiary/aromatic N) is 3. The summed E-state index contributed by atoms with van der Waals surface area (Å²) in [6.45, 7) is 4.37. The number of furan rings is 1.